The third kappa shape index (κ3) is 1.21. The Morgan fingerprint density at radius 3 is 3.00 bits per heavy atom. The number of nitriles is 1. The lowest BCUT2D eigenvalue weighted by atomic mass is 10.1. The van der Waals surface area contributed by atoms with Crippen molar-refractivity contribution in [3.63, 3.8) is 0 Å². The molecule has 1 aliphatic rings. The second-order valence-electron chi connectivity index (χ2n) is 3.10. The van der Waals surface area contributed by atoms with Gasteiger partial charge in [0.1, 0.15) is 0 Å². The molecule has 62 valence electrons. The highest BCUT2D eigenvalue weighted by molar-refractivity contribution is 5.13. The molecule has 3 heteroatoms. The zero-order chi connectivity index (χ0) is 8.39. The number of nitrogens with one attached hydrogen (secondary N) is 2. The van der Waals surface area contributed by atoms with Gasteiger partial charge in [-0.2, -0.15) is 5.26 Å². The summed E-state index contributed by atoms with van der Waals surface area (Å²) in [7, 11) is 0. The Balaban J connectivity index is 2.06. The monoisotopic (exact) mass is 161 g/mol. The van der Waals surface area contributed by atoms with Crippen LogP contribution in [0.2, 0.25) is 0 Å². The van der Waals surface area contributed by atoms with E-state index in [0.717, 1.165) is 12.8 Å². The Morgan fingerprint density at radius 2 is 2.42 bits per heavy atom. The van der Waals surface area contributed by atoms with Gasteiger partial charge in [0.25, 0.3) is 0 Å². The van der Waals surface area contributed by atoms with Gasteiger partial charge in [0.2, 0.25) is 0 Å². The first-order valence-electron chi connectivity index (χ1n) is 4.19. The maximum Gasteiger partial charge on any atom is 0.0958 e. The zero-order valence-electron chi connectivity index (χ0n) is 6.75. The lowest BCUT2D eigenvalue weighted by molar-refractivity contribution is 0.605. The Kier molecular flexibility index (Phi) is 1.84. The number of aromatic amines is 1. The van der Waals surface area contributed by atoms with Crippen molar-refractivity contribution in [2.75, 3.05) is 0 Å². The summed E-state index contributed by atoms with van der Waals surface area (Å²) in [4.78, 5) is 3.15. The molecule has 0 radical (unpaired) electrons. The quantitative estimate of drug-likeness (QED) is 0.652. The Morgan fingerprint density at radius 1 is 1.50 bits per heavy atom. The molecule has 12 heavy (non-hydrogen) atoms. The van der Waals surface area contributed by atoms with Gasteiger partial charge in [-0.25, -0.2) is 0 Å². The summed E-state index contributed by atoms with van der Waals surface area (Å²) in [6, 6.07) is 6.66. The van der Waals surface area contributed by atoms with Crippen LogP contribution in [0.4, 0.5) is 0 Å². The van der Waals surface area contributed by atoms with E-state index in [0.29, 0.717) is 6.04 Å². The summed E-state index contributed by atoms with van der Waals surface area (Å²) in [6.45, 7) is 0. The topological polar surface area (TPSA) is 51.6 Å². The molecule has 2 heterocycles. The highest BCUT2D eigenvalue weighted by Crippen LogP contribution is 2.24. The third-order valence-corrected chi connectivity index (χ3v) is 2.30. The maximum absolute atomic E-state index is 8.66. The molecule has 2 N–H and O–H groups in total. The van der Waals surface area contributed by atoms with Crippen LogP contribution in [0, 0.1) is 11.3 Å². The van der Waals surface area contributed by atoms with E-state index in [2.05, 4.69) is 22.4 Å². The molecule has 1 aromatic heterocycles. The molecule has 1 fully saturated rings. The van der Waals surface area contributed by atoms with Crippen molar-refractivity contribution >= 4 is 0 Å². The molecule has 0 bridgehead atoms. The van der Waals surface area contributed by atoms with Gasteiger partial charge in [0.15, 0.2) is 0 Å². The number of rotatable bonds is 1. The van der Waals surface area contributed by atoms with Crippen molar-refractivity contribution in [3.8, 4) is 6.07 Å². The molecule has 0 aliphatic carbocycles. The van der Waals surface area contributed by atoms with Crippen molar-refractivity contribution in [3.05, 3.63) is 24.0 Å². The van der Waals surface area contributed by atoms with E-state index in [4.69, 9.17) is 5.26 Å². The van der Waals surface area contributed by atoms with E-state index in [1.54, 1.807) is 0 Å². The first-order chi connectivity index (χ1) is 5.90. The summed E-state index contributed by atoms with van der Waals surface area (Å²) >= 11 is 0. The van der Waals surface area contributed by atoms with Gasteiger partial charge in [-0.15, -0.1) is 0 Å². The second kappa shape index (κ2) is 3.00. The number of hydrogen-bond donors (Lipinski definition) is 2. The van der Waals surface area contributed by atoms with Gasteiger partial charge < -0.3 is 4.98 Å². The molecule has 0 saturated carbocycles. The summed E-state index contributed by atoms with van der Waals surface area (Å²) in [6.07, 6.45) is 3.93. The maximum atomic E-state index is 8.66. The summed E-state index contributed by atoms with van der Waals surface area (Å²) in [5.41, 5.74) is 1.19. The molecule has 0 spiro atoms. The van der Waals surface area contributed by atoms with E-state index in [-0.39, 0.29) is 6.04 Å². The molecule has 2 atom stereocenters. The zero-order valence-corrected chi connectivity index (χ0v) is 6.75. The first kappa shape index (κ1) is 7.38. The van der Waals surface area contributed by atoms with Gasteiger partial charge >= 0.3 is 0 Å². The van der Waals surface area contributed by atoms with Crippen LogP contribution in [0.1, 0.15) is 24.6 Å². The predicted octanol–water partition coefficient (Wildman–Crippen LogP) is 1.33. The Bertz CT molecular complexity index is 283. The fraction of sp³-hybridized carbons (Fsp3) is 0.444. The Labute approximate surface area is 71.4 Å². The van der Waals surface area contributed by atoms with Crippen LogP contribution >= 0.6 is 0 Å². The standard InChI is InChI=1S/C9H11N3/c10-6-7-3-4-9(12-7)8-2-1-5-11-8/h1-2,5,7,9,11-12H,3-4H2/t7-,9+/m1/s1. The minimum Gasteiger partial charge on any atom is -0.364 e. The van der Waals surface area contributed by atoms with Crippen LogP contribution in [0.15, 0.2) is 18.3 Å². The van der Waals surface area contributed by atoms with Crippen LogP contribution in [-0.2, 0) is 0 Å². The average Bonchev–Trinajstić information content (AvgIpc) is 2.75. The minimum atomic E-state index is 0.0401. The van der Waals surface area contributed by atoms with Crippen molar-refractivity contribution in [2.45, 2.75) is 24.9 Å². The van der Waals surface area contributed by atoms with E-state index >= 15 is 0 Å². The van der Waals surface area contributed by atoms with Crippen molar-refractivity contribution in [1.29, 1.82) is 5.26 Å². The van der Waals surface area contributed by atoms with Crippen molar-refractivity contribution in [2.24, 2.45) is 0 Å². The fourth-order valence-corrected chi connectivity index (χ4v) is 1.65. The molecule has 1 saturated heterocycles. The fourth-order valence-electron chi connectivity index (χ4n) is 1.65. The second-order valence-corrected chi connectivity index (χ2v) is 3.10. The summed E-state index contributed by atoms with van der Waals surface area (Å²) in [5.74, 6) is 0. The van der Waals surface area contributed by atoms with Crippen LogP contribution in [0.3, 0.4) is 0 Å². The minimum absolute atomic E-state index is 0.0401. The highest BCUT2D eigenvalue weighted by Gasteiger charge is 2.24. The van der Waals surface area contributed by atoms with Crippen LogP contribution in [-0.4, -0.2) is 11.0 Å². The number of aromatic nitrogens is 1. The lowest BCUT2D eigenvalue weighted by Crippen LogP contribution is -2.22. The first-order valence-corrected chi connectivity index (χ1v) is 4.19. The summed E-state index contributed by atoms with van der Waals surface area (Å²) < 4.78 is 0. The number of H-pyrrole nitrogens is 1. The molecular formula is C9H11N3. The normalized spacial score (nSPS) is 28.6. The smallest absolute Gasteiger partial charge is 0.0958 e. The van der Waals surface area contributed by atoms with Crippen molar-refractivity contribution in [1.82, 2.24) is 10.3 Å². The van der Waals surface area contributed by atoms with E-state index in [1.807, 2.05) is 12.3 Å². The molecule has 3 nitrogen and oxygen atoms in total. The van der Waals surface area contributed by atoms with Gasteiger partial charge in [-0.3, -0.25) is 5.32 Å². The number of nitrogens with zero attached hydrogens (tertiary/aromatic N) is 1. The highest BCUT2D eigenvalue weighted by atomic mass is 15.0. The van der Waals surface area contributed by atoms with Gasteiger partial charge in [0, 0.05) is 17.9 Å². The Hall–Kier alpha value is -1.27. The molecule has 0 aromatic carbocycles. The molecule has 0 amide bonds. The van der Waals surface area contributed by atoms with Crippen LogP contribution < -0.4 is 5.32 Å². The molecule has 0 unspecified atom stereocenters. The molecule has 1 aromatic rings. The predicted molar refractivity (Wildman–Crippen MR) is 45.3 cm³/mol. The van der Waals surface area contributed by atoms with Crippen LogP contribution in [0.5, 0.6) is 0 Å². The largest absolute Gasteiger partial charge is 0.364 e. The van der Waals surface area contributed by atoms with Gasteiger partial charge in [-0.1, -0.05) is 0 Å². The SMILES string of the molecule is N#C[C@H]1CC[C@@H](c2ccc[nH]2)N1. The molecular weight excluding hydrogens is 150 g/mol. The van der Waals surface area contributed by atoms with Gasteiger partial charge in [0.05, 0.1) is 12.1 Å². The summed E-state index contributed by atoms with van der Waals surface area (Å²) in [5, 5.41) is 11.9. The van der Waals surface area contributed by atoms with Gasteiger partial charge in [-0.05, 0) is 25.0 Å². The molecule has 1 aliphatic heterocycles. The van der Waals surface area contributed by atoms with E-state index in [1.165, 1.54) is 5.69 Å². The van der Waals surface area contributed by atoms with E-state index in [9.17, 15) is 0 Å². The third-order valence-electron chi connectivity index (χ3n) is 2.30. The van der Waals surface area contributed by atoms with Crippen LogP contribution in [0.25, 0.3) is 0 Å². The molecule has 2 rings (SSSR count). The number of hydrogen-bond acceptors (Lipinski definition) is 2. The lowest BCUT2D eigenvalue weighted by Gasteiger charge is -2.07. The van der Waals surface area contributed by atoms with Crippen molar-refractivity contribution < 1.29 is 0 Å². The average molecular weight is 161 g/mol. The van der Waals surface area contributed by atoms with E-state index < -0.39 is 0 Å².